The number of fused-ring (bicyclic) bond motifs is 2. The number of nitrogens with zero attached hydrogens (tertiary/aromatic N) is 5. The summed E-state index contributed by atoms with van der Waals surface area (Å²) in [5.41, 5.74) is 4.90. The van der Waals surface area contributed by atoms with E-state index in [4.69, 9.17) is 21.1 Å². The van der Waals surface area contributed by atoms with E-state index in [-0.39, 0.29) is 24.6 Å². The molecule has 2 amide bonds. The van der Waals surface area contributed by atoms with Crippen LogP contribution in [0.5, 0.6) is 5.75 Å². The van der Waals surface area contributed by atoms with E-state index in [9.17, 15) is 14.0 Å². The van der Waals surface area contributed by atoms with E-state index in [2.05, 4.69) is 15.4 Å². The minimum absolute atomic E-state index is 0.150. The molecule has 1 N–H and O–H groups in total. The summed E-state index contributed by atoms with van der Waals surface area (Å²) < 4.78 is 27.7. The number of carbonyl (C=O) groups is 2. The van der Waals surface area contributed by atoms with E-state index in [1.165, 1.54) is 24.5 Å². The topological polar surface area (TPSA) is 101 Å². The Bertz CT molecular complexity index is 2080. The van der Waals surface area contributed by atoms with Crippen molar-refractivity contribution in [2.24, 2.45) is 0 Å². The first kappa shape index (κ1) is 33.3. The second-order valence-electron chi connectivity index (χ2n) is 13.7. The van der Waals surface area contributed by atoms with Crippen LogP contribution < -0.4 is 10.1 Å². The van der Waals surface area contributed by atoms with Crippen LogP contribution in [-0.4, -0.2) is 68.2 Å². The zero-order chi connectivity index (χ0) is 35.2. The predicted molar refractivity (Wildman–Crippen MR) is 189 cm³/mol. The first-order valence-corrected chi connectivity index (χ1v) is 17.0. The number of methoxy groups -OCH3 is 1. The molecule has 0 saturated carbocycles. The van der Waals surface area contributed by atoms with E-state index in [0.717, 1.165) is 29.5 Å². The number of halogens is 2. The van der Waals surface area contributed by atoms with Crippen LogP contribution >= 0.6 is 11.6 Å². The third kappa shape index (κ3) is 6.69. The molecule has 2 aliphatic heterocycles. The molecule has 3 aromatic carbocycles. The number of anilines is 1. The standard InChI is InChI=1S/C38H38ClFN6O4/c1-38(2,3)50-37(48)44-15-5-6-27(21-44)43-32-17-25(24-9-14-33-41-22-42-46(33)20-24)16-30-34(32)35(29-18-26(40)10-13-31(29)39)45(36(30)47)19-23-7-11-28(49-4)12-8-23/h7-14,16-18,20,22,27,35,43H,5-6,15,19,21H2,1-4H3. The van der Waals surface area contributed by atoms with E-state index in [1.54, 1.807) is 21.4 Å². The van der Waals surface area contributed by atoms with Crippen molar-refractivity contribution in [2.75, 3.05) is 25.5 Å². The maximum atomic E-state index is 15.0. The van der Waals surface area contributed by atoms with Gasteiger partial charge in [0.05, 0.1) is 13.2 Å². The molecule has 5 aromatic rings. The Morgan fingerprint density at radius 3 is 2.62 bits per heavy atom. The van der Waals surface area contributed by atoms with Crippen LogP contribution in [0.2, 0.25) is 5.02 Å². The lowest BCUT2D eigenvalue weighted by Gasteiger charge is -2.35. The Balaban J connectivity index is 1.35. The monoisotopic (exact) mass is 696 g/mol. The minimum atomic E-state index is -0.706. The lowest BCUT2D eigenvalue weighted by atomic mass is 9.92. The smallest absolute Gasteiger partial charge is 0.410 e. The molecule has 0 spiro atoms. The van der Waals surface area contributed by atoms with Gasteiger partial charge >= 0.3 is 6.09 Å². The number of aromatic nitrogens is 3. The Morgan fingerprint density at radius 1 is 1.06 bits per heavy atom. The maximum Gasteiger partial charge on any atom is 0.410 e. The van der Waals surface area contributed by atoms with Crippen molar-refractivity contribution in [3.63, 3.8) is 0 Å². The molecule has 0 aliphatic carbocycles. The fourth-order valence-corrected chi connectivity index (χ4v) is 6.99. The summed E-state index contributed by atoms with van der Waals surface area (Å²) in [6.45, 7) is 6.78. The molecule has 2 aliphatic rings. The summed E-state index contributed by atoms with van der Waals surface area (Å²) >= 11 is 6.81. The molecular weight excluding hydrogens is 659 g/mol. The van der Waals surface area contributed by atoms with Gasteiger partial charge in [0, 0.05) is 64.8 Å². The largest absolute Gasteiger partial charge is 0.497 e. The number of piperidine rings is 1. The van der Waals surface area contributed by atoms with Gasteiger partial charge in [-0.3, -0.25) is 4.79 Å². The fraction of sp³-hybridized carbons (Fsp3) is 0.316. The van der Waals surface area contributed by atoms with E-state index in [0.29, 0.717) is 51.9 Å². The number of amides is 2. The van der Waals surface area contributed by atoms with Crippen molar-refractivity contribution in [3.05, 3.63) is 112 Å². The molecular formula is C38H38ClFN6O4. The van der Waals surface area contributed by atoms with Crippen molar-refractivity contribution >= 4 is 34.9 Å². The average molecular weight is 697 g/mol. The average Bonchev–Trinajstić information content (AvgIpc) is 3.67. The minimum Gasteiger partial charge on any atom is -0.497 e. The molecule has 7 rings (SSSR count). The summed E-state index contributed by atoms with van der Waals surface area (Å²) in [6, 6.07) is 18.6. The fourth-order valence-electron chi connectivity index (χ4n) is 6.77. The molecule has 10 nitrogen and oxygen atoms in total. The number of carbonyl (C=O) groups excluding carboxylic acids is 2. The number of benzene rings is 3. The number of hydrogen-bond donors (Lipinski definition) is 1. The third-order valence-electron chi connectivity index (χ3n) is 9.06. The Morgan fingerprint density at radius 2 is 1.86 bits per heavy atom. The second kappa shape index (κ2) is 13.3. The molecule has 0 radical (unpaired) electrons. The van der Waals surface area contributed by atoms with Gasteiger partial charge in [0.2, 0.25) is 0 Å². The van der Waals surface area contributed by atoms with Gasteiger partial charge in [-0.25, -0.2) is 18.7 Å². The number of hydrogen-bond acceptors (Lipinski definition) is 7. The number of rotatable bonds is 7. The van der Waals surface area contributed by atoms with Gasteiger partial charge < -0.3 is 24.6 Å². The summed E-state index contributed by atoms with van der Waals surface area (Å²) in [4.78, 5) is 35.4. The van der Waals surface area contributed by atoms with Gasteiger partial charge in [-0.05, 0) is 99.3 Å². The summed E-state index contributed by atoms with van der Waals surface area (Å²) in [6.07, 6.45) is 4.55. The van der Waals surface area contributed by atoms with E-state index in [1.807, 2.05) is 75.5 Å². The molecule has 2 unspecified atom stereocenters. The van der Waals surface area contributed by atoms with Gasteiger partial charge in [0.25, 0.3) is 5.91 Å². The molecule has 0 bridgehead atoms. The van der Waals surface area contributed by atoms with Crippen LogP contribution in [0.25, 0.3) is 16.8 Å². The van der Waals surface area contributed by atoms with Crippen LogP contribution in [0.1, 0.15) is 66.7 Å². The maximum absolute atomic E-state index is 15.0. The molecule has 2 atom stereocenters. The number of likely N-dealkylation sites (tertiary alicyclic amines) is 1. The Kier molecular flexibility index (Phi) is 8.86. The molecule has 1 fully saturated rings. The van der Waals surface area contributed by atoms with E-state index >= 15 is 0 Å². The molecule has 258 valence electrons. The highest BCUT2D eigenvalue weighted by Crippen LogP contribution is 2.47. The number of nitrogens with one attached hydrogen (secondary N) is 1. The van der Waals surface area contributed by atoms with Crippen molar-refractivity contribution in [1.82, 2.24) is 24.4 Å². The van der Waals surface area contributed by atoms with Gasteiger partial charge in [-0.2, -0.15) is 5.10 Å². The molecule has 2 aromatic heterocycles. The third-order valence-corrected chi connectivity index (χ3v) is 9.41. The molecule has 12 heteroatoms. The van der Waals surface area contributed by atoms with Gasteiger partial charge in [-0.15, -0.1) is 0 Å². The second-order valence-corrected chi connectivity index (χ2v) is 14.1. The van der Waals surface area contributed by atoms with E-state index < -0.39 is 17.5 Å². The predicted octanol–water partition coefficient (Wildman–Crippen LogP) is 7.75. The summed E-state index contributed by atoms with van der Waals surface area (Å²) in [5.74, 6) is 0.0250. The lowest BCUT2D eigenvalue weighted by Crippen LogP contribution is -2.47. The van der Waals surface area contributed by atoms with Crippen molar-refractivity contribution < 1.29 is 23.5 Å². The van der Waals surface area contributed by atoms with Crippen LogP contribution in [0, 0.1) is 5.82 Å². The van der Waals surface area contributed by atoms with Crippen LogP contribution in [0.15, 0.2) is 79.3 Å². The zero-order valence-electron chi connectivity index (χ0n) is 28.3. The SMILES string of the molecule is COc1ccc(CN2C(=O)c3cc(-c4ccc5ncnn5c4)cc(NC4CCCN(C(=O)OC(C)(C)C)C4)c3C2c2cc(F)ccc2Cl)cc1. The molecule has 50 heavy (non-hydrogen) atoms. The number of ether oxygens (including phenoxy) is 2. The van der Waals surface area contributed by atoms with Crippen LogP contribution in [0.3, 0.4) is 0 Å². The highest BCUT2D eigenvalue weighted by molar-refractivity contribution is 6.31. The van der Waals surface area contributed by atoms with Gasteiger partial charge in [0.15, 0.2) is 5.65 Å². The highest BCUT2D eigenvalue weighted by atomic mass is 35.5. The van der Waals surface area contributed by atoms with Crippen LogP contribution in [0.4, 0.5) is 14.9 Å². The Labute approximate surface area is 294 Å². The van der Waals surface area contributed by atoms with Crippen molar-refractivity contribution in [3.8, 4) is 16.9 Å². The van der Waals surface area contributed by atoms with Crippen molar-refractivity contribution in [1.29, 1.82) is 0 Å². The number of pyridine rings is 1. The Hall–Kier alpha value is -5.16. The quantitative estimate of drug-likeness (QED) is 0.186. The highest BCUT2D eigenvalue weighted by Gasteiger charge is 2.42. The van der Waals surface area contributed by atoms with Gasteiger partial charge in [0.1, 0.15) is 23.5 Å². The van der Waals surface area contributed by atoms with Crippen molar-refractivity contribution in [2.45, 2.75) is 57.8 Å². The first-order valence-electron chi connectivity index (χ1n) is 16.6. The van der Waals surface area contributed by atoms with Crippen LogP contribution in [-0.2, 0) is 11.3 Å². The summed E-state index contributed by atoms with van der Waals surface area (Å²) in [7, 11) is 1.60. The first-order chi connectivity index (χ1) is 24.0. The summed E-state index contributed by atoms with van der Waals surface area (Å²) in [5, 5.41) is 8.36. The zero-order valence-corrected chi connectivity index (χ0v) is 29.1. The molecule has 1 saturated heterocycles. The molecule has 4 heterocycles. The normalized spacial score (nSPS) is 17.6. The van der Waals surface area contributed by atoms with Gasteiger partial charge in [-0.1, -0.05) is 23.7 Å². The lowest BCUT2D eigenvalue weighted by molar-refractivity contribution is 0.0206.